The van der Waals surface area contributed by atoms with Crippen molar-refractivity contribution in [3.63, 3.8) is 0 Å². The summed E-state index contributed by atoms with van der Waals surface area (Å²) in [4.78, 5) is 0. The maximum absolute atomic E-state index is 2.36. The van der Waals surface area contributed by atoms with Crippen LogP contribution in [0.2, 0.25) is 0 Å². The van der Waals surface area contributed by atoms with Crippen LogP contribution in [0.25, 0.3) is 12.2 Å². The highest BCUT2D eigenvalue weighted by molar-refractivity contribution is 5.69. The van der Waals surface area contributed by atoms with Gasteiger partial charge in [-0.05, 0) is 36.0 Å². The van der Waals surface area contributed by atoms with Crippen LogP contribution in [0, 0.1) is 12.8 Å². The standard InChI is InChI=1S/C22H28/c1-4-5-6-19(3)17-22-15-13-21(14-16-22)12-11-20-9-7-18(2)8-10-20/h7-16,19H,4-6,17H2,1-3H3/b12-11+. The molecule has 0 fully saturated rings. The van der Waals surface area contributed by atoms with Gasteiger partial charge >= 0.3 is 0 Å². The van der Waals surface area contributed by atoms with E-state index in [0.717, 1.165) is 5.92 Å². The first-order valence-electron chi connectivity index (χ1n) is 8.51. The molecule has 0 nitrogen and oxygen atoms in total. The maximum atomic E-state index is 2.36. The van der Waals surface area contributed by atoms with Gasteiger partial charge in [-0.25, -0.2) is 0 Å². The molecule has 116 valence electrons. The van der Waals surface area contributed by atoms with Gasteiger partial charge in [0, 0.05) is 0 Å². The van der Waals surface area contributed by atoms with E-state index in [1.807, 2.05) is 0 Å². The fraction of sp³-hybridized carbons (Fsp3) is 0.364. The number of benzene rings is 2. The Labute approximate surface area is 135 Å². The number of hydrogen-bond donors (Lipinski definition) is 0. The summed E-state index contributed by atoms with van der Waals surface area (Å²) in [5, 5.41) is 0. The molecule has 0 aliphatic heterocycles. The zero-order chi connectivity index (χ0) is 15.8. The fourth-order valence-electron chi connectivity index (χ4n) is 2.69. The Morgan fingerprint density at radius 1 is 0.864 bits per heavy atom. The molecule has 0 amide bonds. The minimum absolute atomic E-state index is 0.786. The van der Waals surface area contributed by atoms with Crippen LogP contribution in [0.4, 0.5) is 0 Å². The van der Waals surface area contributed by atoms with E-state index in [1.165, 1.54) is 47.9 Å². The van der Waals surface area contributed by atoms with Crippen molar-refractivity contribution < 1.29 is 0 Å². The van der Waals surface area contributed by atoms with Crippen LogP contribution in [0.3, 0.4) is 0 Å². The van der Waals surface area contributed by atoms with E-state index >= 15 is 0 Å². The first kappa shape index (κ1) is 16.5. The lowest BCUT2D eigenvalue weighted by Crippen LogP contribution is -1.99. The Bertz CT molecular complexity index is 572. The molecular formula is C22H28. The second-order valence-corrected chi connectivity index (χ2v) is 6.44. The molecule has 22 heavy (non-hydrogen) atoms. The maximum Gasteiger partial charge on any atom is -0.0253 e. The minimum Gasteiger partial charge on any atom is -0.0654 e. The van der Waals surface area contributed by atoms with Gasteiger partial charge in [-0.3, -0.25) is 0 Å². The molecule has 0 aliphatic rings. The lowest BCUT2D eigenvalue weighted by Gasteiger charge is -2.10. The smallest absolute Gasteiger partial charge is 0.0253 e. The molecule has 1 unspecified atom stereocenters. The highest BCUT2D eigenvalue weighted by Gasteiger charge is 2.02. The van der Waals surface area contributed by atoms with Crippen molar-refractivity contribution >= 4 is 12.2 Å². The summed E-state index contributed by atoms with van der Waals surface area (Å²) in [5.74, 6) is 0.786. The molecule has 0 saturated heterocycles. The number of unbranched alkanes of at least 4 members (excludes halogenated alkanes) is 1. The summed E-state index contributed by atoms with van der Waals surface area (Å²) in [5.41, 5.74) is 5.28. The number of hydrogen-bond acceptors (Lipinski definition) is 0. The Hall–Kier alpha value is -1.82. The zero-order valence-electron chi connectivity index (χ0n) is 14.2. The van der Waals surface area contributed by atoms with Gasteiger partial charge in [-0.1, -0.05) is 99.4 Å². The molecule has 0 aromatic heterocycles. The third-order valence-corrected chi connectivity index (χ3v) is 4.16. The van der Waals surface area contributed by atoms with Crippen LogP contribution >= 0.6 is 0 Å². The average Bonchev–Trinajstić information content (AvgIpc) is 2.54. The van der Waals surface area contributed by atoms with E-state index in [1.54, 1.807) is 0 Å². The van der Waals surface area contributed by atoms with E-state index in [9.17, 15) is 0 Å². The van der Waals surface area contributed by atoms with Crippen LogP contribution < -0.4 is 0 Å². The van der Waals surface area contributed by atoms with Crippen molar-refractivity contribution in [2.24, 2.45) is 5.92 Å². The molecule has 0 N–H and O–H groups in total. The lowest BCUT2D eigenvalue weighted by molar-refractivity contribution is 0.503. The first-order chi connectivity index (χ1) is 10.7. The van der Waals surface area contributed by atoms with Gasteiger partial charge in [-0.2, -0.15) is 0 Å². The largest absolute Gasteiger partial charge is 0.0654 e. The summed E-state index contributed by atoms with van der Waals surface area (Å²) in [6, 6.07) is 17.6. The molecular weight excluding hydrogens is 264 g/mol. The Balaban J connectivity index is 1.92. The van der Waals surface area contributed by atoms with Gasteiger partial charge in [0.15, 0.2) is 0 Å². The molecule has 0 heterocycles. The van der Waals surface area contributed by atoms with Crippen LogP contribution in [0.15, 0.2) is 48.5 Å². The van der Waals surface area contributed by atoms with E-state index < -0.39 is 0 Å². The molecule has 0 heteroatoms. The molecule has 2 aromatic carbocycles. The van der Waals surface area contributed by atoms with Gasteiger partial charge in [0.05, 0.1) is 0 Å². The molecule has 0 saturated carbocycles. The second kappa shape index (κ2) is 8.58. The van der Waals surface area contributed by atoms with Gasteiger partial charge in [-0.15, -0.1) is 0 Å². The SMILES string of the molecule is CCCCC(C)Cc1ccc(/C=C/c2ccc(C)cc2)cc1. The molecule has 0 bridgehead atoms. The second-order valence-electron chi connectivity index (χ2n) is 6.44. The highest BCUT2D eigenvalue weighted by Crippen LogP contribution is 2.16. The molecule has 0 spiro atoms. The van der Waals surface area contributed by atoms with E-state index in [2.05, 4.69) is 81.5 Å². The normalized spacial score (nSPS) is 12.7. The van der Waals surface area contributed by atoms with Gasteiger partial charge in [0.1, 0.15) is 0 Å². The zero-order valence-corrected chi connectivity index (χ0v) is 14.2. The Morgan fingerprint density at radius 2 is 1.41 bits per heavy atom. The van der Waals surface area contributed by atoms with Gasteiger partial charge in [0.2, 0.25) is 0 Å². The summed E-state index contributed by atoms with van der Waals surface area (Å²) in [7, 11) is 0. The summed E-state index contributed by atoms with van der Waals surface area (Å²) in [6.45, 7) is 6.75. The van der Waals surface area contributed by atoms with Crippen LogP contribution in [-0.2, 0) is 6.42 Å². The minimum atomic E-state index is 0.786. The van der Waals surface area contributed by atoms with Crippen molar-refractivity contribution in [2.75, 3.05) is 0 Å². The van der Waals surface area contributed by atoms with Crippen LogP contribution in [-0.4, -0.2) is 0 Å². The number of aryl methyl sites for hydroxylation is 1. The van der Waals surface area contributed by atoms with Crippen LogP contribution in [0.1, 0.15) is 55.4 Å². The Morgan fingerprint density at radius 3 is 1.95 bits per heavy atom. The quantitative estimate of drug-likeness (QED) is 0.509. The van der Waals surface area contributed by atoms with Crippen LogP contribution in [0.5, 0.6) is 0 Å². The molecule has 0 aliphatic carbocycles. The third-order valence-electron chi connectivity index (χ3n) is 4.16. The van der Waals surface area contributed by atoms with Crippen molar-refractivity contribution in [1.82, 2.24) is 0 Å². The summed E-state index contributed by atoms with van der Waals surface area (Å²) >= 11 is 0. The van der Waals surface area contributed by atoms with E-state index in [-0.39, 0.29) is 0 Å². The fourth-order valence-corrected chi connectivity index (χ4v) is 2.69. The van der Waals surface area contributed by atoms with Gasteiger partial charge in [0.25, 0.3) is 0 Å². The molecule has 2 rings (SSSR count). The summed E-state index contributed by atoms with van der Waals surface area (Å²) < 4.78 is 0. The number of rotatable bonds is 7. The van der Waals surface area contributed by atoms with Gasteiger partial charge < -0.3 is 0 Å². The van der Waals surface area contributed by atoms with Crippen molar-refractivity contribution in [2.45, 2.75) is 46.5 Å². The topological polar surface area (TPSA) is 0 Å². The monoisotopic (exact) mass is 292 g/mol. The van der Waals surface area contributed by atoms with E-state index in [0.29, 0.717) is 0 Å². The average molecular weight is 292 g/mol. The molecule has 1 atom stereocenters. The Kier molecular flexibility index (Phi) is 6.45. The van der Waals surface area contributed by atoms with Crippen molar-refractivity contribution in [3.05, 3.63) is 70.8 Å². The predicted octanol–water partition coefficient (Wildman–Crippen LogP) is 6.53. The van der Waals surface area contributed by atoms with E-state index in [4.69, 9.17) is 0 Å². The third kappa shape index (κ3) is 5.52. The molecule has 2 aromatic rings. The first-order valence-corrected chi connectivity index (χ1v) is 8.51. The van der Waals surface area contributed by atoms with Crippen molar-refractivity contribution in [1.29, 1.82) is 0 Å². The predicted molar refractivity (Wildman–Crippen MR) is 98.9 cm³/mol. The molecule has 0 radical (unpaired) electrons. The van der Waals surface area contributed by atoms with Crippen molar-refractivity contribution in [3.8, 4) is 0 Å². The highest BCUT2D eigenvalue weighted by atomic mass is 14.1. The lowest BCUT2D eigenvalue weighted by atomic mass is 9.95. The summed E-state index contributed by atoms with van der Waals surface area (Å²) in [6.07, 6.45) is 9.55.